The van der Waals surface area contributed by atoms with E-state index in [1.807, 2.05) is 0 Å². The first kappa shape index (κ1) is 12.0. The van der Waals surface area contributed by atoms with Crippen LogP contribution >= 0.6 is 12.4 Å². The Bertz CT molecular complexity index is 426. The summed E-state index contributed by atoms with van der Waals surface area (Å²) in [7, 11) is 0. The molecule has 0 amide bonds. The maximum atomic E-state index is 5.49. The topological polar surface area (TPSA) is 26.0 Å². The largest absolute Gasteiger partial charge is 0.330 e. The summed E-state index contributed by atoms with van der Waals surface area (Å²) in [6.45, 7) is 0.771. The monoisotopic (exact) mass is 221 g/mol. The summed E-state index contributed by atoms with van der Waals surface area (Å²) in [5, 5.41) is 2.63. The first-order chi connectivity index (χ1) is 6.90. The van der Waals surface area contributed by atoms with Crippen molar-refractivity contribution in [1.29, 1.82) is 0 Å². The van der Waals surface area contributed by atoms with Crippen molar-refractivity contribution in [2.75, 3.05) is 6.54 Å². The lowest BCUT2D eigenvalue weighted by Gasteiger charge is -2.02. The normalized spacial score (nSPS) is 9.93. The van der Waals surface area contributed by atoms with Crippen LogP contribution in [0.3, 0.4) is 0 Å². The fourth-order valence-corrected chi connectivity index (χ4v) is 1.70. The summed E-state index contributed by atoms with van der Waals surface area (Å²) in [4.78, 5) is 0. The average Bonchev–Trinajstić information content (AvgIpc) is 2.26. The molecule has 0 aromatic heterocycles. The molecule has 0 saturated heterocycles. The number of hydrogen-bond acceptors (Lipinski definition) is 1. The Kier molecular flexibility index (Phi) is 4.60. The van der Waals surface area contributed by atoms with E-state index in [4.69, 9.17) is 5.73 Å². The zero-order valence-corrected chi connectivity index (χ0v) is 9.46. The molecule has 0 fully saturated rings. The Hall–Kier alpha value is -1.05. The molecule has 80 valence electrons. The average molecular weight is 222 g/mol. The first-order valence-electron chi connectivity index (χ1n) is 5.08. The lowest BCUT2D eigenvalue weighted by atomic mass is 10.0. The maximum absolute atomic E-state index is 5.49. The van der Waals surface area contributed by atoms with E-state index in [1.165, 1.54) is 16.3 Å². The fourth-order valence-electron chi connectivity index (χ4n) is 1.70. The van der Waals surface area contributed by atoms with Gasteiger partial charge in [0.2, 0.25) is 0 Å². The number of halogens is 1. The highest BCUT2D eigenvalue weighted by molar-refractivity contribution is 5.85. The molecule has 0 radical (unpaired) electrons. The molecule has 2 aromatic carbocycles. The van der Waals surface area contributed by atoms with E-state index >= 15 is 0 Å². The lowest BCUT2D eigenvalue weighted by Crippen LogP contribution is -2.00. The zero-order chi connectivity index (χ0) is 9.80. The van der Waals surface area contributed by atoms with E-state index in [0.29, 0.717) is 0 Å². The molecule has 0 aliphatic rings. The molecule has 0 aliphatic carbocycles. The van der Waals surface area contributed by atoms with Crippen molar-refractivity contribution in [3.05, 3.63) is 48.0 Å². The predicted octanol–water partition coefficient (Wildman–Crippen LogP) is 3.15. The van der Waals surface area contributed by atoms with Gasteiger partial charge >= 0.3 is 0 Å². The van der Waals surface area contributed by atoms with Gasteiger partial charge in [-0.1, -0.05) is 42.5 Å². The Labute approximate surface area is 96.7 Å². The van der Waals surface area contributed by atoms with Crippen LogP contribution in [-0.2, 0) is 6.42 Å². The zero-order valence-electron chi connectivity index (χ0n) is 8.65. The van der Waals surface area contributed by atoms with Crippen molar-refractivity contribution in [2.45, 2.75) is 12.8 Å². The van der Waals surface area contributed by atoms with Gasteiger partial charge in [0, 0.05) is 0 Å². The molecule has 15 heavy (non-hydrogen) atoms. The van der Waals surface area contributed by atoms with Gasteiger partial charge in [-0.2, -0.15) is 0 Å². The Balaban J connectivity index is 0.00000112. The van der Waals surface area contributed by atoms with E-state index in [-0.39, 0.29) is 12.4 Å². The summed E-state index contributed by atoms with van der Waals surface area (Å²) in [6, 6.07) is 15.1. The molecular formula is C13H16ClN. The van der Waals surface area contributed by atoms with Crippen molar-refractivity contribution in [3.63, 3.8) is 0 Å². The van der Waals surface area contributed by atoms with Crippen molar-refractivity contribution in [2.24, 2.45) is 5.73 Å². The molecule has 0 saturated carbocycles. The second kappa shape index (κ2) is 5.74. The standard InChI is InChI=1S/C13H15N.ClH/c14-9-3-4-11-7-8-12-5-1-2-6-13(12)10-11;/h1-2,5-8,10H,3-4,9,14H2;1H. The first-order valence-corrected chi connectivity index (χ1v) is 5.08. The van der Waals surface area contributed by atoms with Gasteiger partial charge in [0.25, 0.3) is 0 Å². The molecule has 0 unspecified atom stereocenters. The van der Waals surface area contributed by atoms with Gasteiger partial charge in [-0.3, -0.25) is 0 Å². The number of fused-ring (bicyclic) bond motifs is 1. The van der Waals surface area contributed by atoms with Crippen LogP contribution < -0.4 is 5.73 Å². The number of nitrogens with two attached hydrogens (primary N) is 1. The van der Waals surface area contributed by atoms with Crippen LogP contribution in [0.15, 0.2) is 42.5 Å². The molecule has 2 aromatic rings. The Morgan fingerprint density at radius 2 is 1.67 bits per heavy atom. The molecule has 2 rings (SSSR count). The third-order valence-electron chi connectivity index (χ3n) is 2.48. The minimum atomic E-state index is 0. The van der Waals surface area contributed by atoms with E-state index < -0.39 is 0 Å². The highest BCUT2D eigenvalue weighted by atomic mass is 35.5. The van der Waals surface area contributed by atoms with Crippen molar-refractivity contribution in [1.82, 2.24) is 0 Å². The molecular weight excluding hydrogens is 206 g/mol. The van der Waals surface area contributed by atoms with Gasteiger partial charge in [-0.15, -0.1) is 12.4 Å². The van der Waals surface area contributed by atoms with Crippen LogP contribution in [0.25, 0.3) is 10.8 Å². The van der Waals surface area contributed by atoms with E-state index in [9.17, 15) is 0 Å². The number of hydrogen-bond donors (Lipinski definition) is 1. The van der Waals surface area contributed by atoms with Gasteiger partial charge in [0.1, 0.15) is 0 Å². The fraction of sp³-hybridized carbons (Fsp3) is 0.231. The molecule has 2 N–H and O–H groups in total. The van der Waals surface area contributed by atoms with Crippen LogP contribution in [0.4, 0.5) is 0 Å². The molecule has 0 heterocycles. The quantitative estimate of drug-likeness (QED) is 0.847. The third kappa shape index (κ3) is 2.95. The number of rotatable bonds is 3. The highest BCUT2D eigenvalue weighted by Gasteiger charge is 1.95. The van der Waals surface area contributed by atoms with Crippen molar-refractivity contribution in [3.8, 4) is 0 Å². The minimum Gasteiger partial charge on any atom is -0.330 e. The lowest BCUT2D eigenvalue weighted by molar-refractivity contribution is 0.833. The highest BCUT2D eigenvalue weighted by Crippen LogP contribution is 2.16. The molecule has 0 atom stereocenters. The van der Waals surface area contributed by atoms with Crippen LogP contribution in [-0.4, -0.2) is 6.54 Å². The second-order valence-corrected chi connectivity index (χ2v) is 3.57. The smallest absolute Gasteiger partial charge is 0.00741 e. The van der Waals surface area contributed by atoms with Crippen LogP contribution in [0.1, 0.15) is 12.0 Å². The molecule has 0 spiro atoms. The van der Waals surface area contributed by atoms with Gasteiger partial charge in [0.05, 0.1) is 0 Å². The van der Waals surface area contributed by atoms with Crippen molar-refractivity contribution >= 4 is 23.2 Å². The molecule has 1 nitrogen and oxygen atoms in total. The third-order valence-corrected chi connectivity index (χ3v) is 2.48. The maximum Gasteiger partial charge on any atom is -0.00741 e. The summed E-state index contributed by atoms with van der Waals surface area (Å²) in [5.74, 6) is 0. The molecule has 0 aliphatic heterocycles. The second-order valence-electron chi connectivity index (χ2n) is 3.57. The van der Waals surface area contributed by atoms with E-state index in [2.05, 4.69) is 42.5 Å². The Morgan fingerprint density at radius 1 is 0.933 bits per heavy atom. The van der Waals surface area contributed by atoms with E-state index in [0.717, 1.165) is 19.4 Å². The van der Waals surface area contributed by atoms with Gasteiger partial charge in [0.15, 0.2) is 0 Å². The predicted molar refractivity (Wildman–Crippen MR) is 68.6 cm³/mol. The summed E-state index contributed by atoms with van der Waals surface area (Å²) >= 11 is 0. The number of benzene rings is 2. The van der Waals surface area contributed by atoms with Crippen LogP contribution in [0.2, 0.25) is 0 Å². The van der Waals surface area contributed by atoms with Crippen LogP contribution in [0, 0.1) is 0 Å². The summed E-state index contributed by atoms with van der Waals surface area (Å²) in [5.41, 5.74) is 6.87. The molecule has 0 bridgehead atoms. The molecule has 2 heteroatoms. The number of aryl methyl sites for hydroxylation is 1. The van der Waals surface area contributed by atoms with Crippen LogP contribution in [0.5, 0.6) is 0 Å². The summed E-state index contributed by atoms with van der Waals surface area (Å²) < 4.78 is 0. The van der Waals surface area contributed by atoms with Gasteiger partial charge < -0.3 is 5.73 Å². The summed E-state index contributed by atoms with van der Waals surface area (Å²) in [6.07, 6.45) is 2.15. The minimum absolute atomic E-state index is 0. The van der Waals surface area contributed by atoms with Crippen molar-refractivity contribution < 1.29 is 0 Å². The van der Waals surface area contributed by atoms with Gasteiger partial charge in [-0.05, 0) is 35.7 Å². The Morgan fingerprint density at radius 3 is 2.40 bits per heavy atom. The van der Waals surface area contributed by atoms with Gasteiger partial charge in [-0.25, -0.2) is 0 Å². The SMILES string of the molecule is Cl.NCCCc1ccc2ccccc2c1. The van der Waals surface area contributed by atoms with E-state index in [1.54, 1.807) is 0 Å².